The zero-order valence-electron chi connectivity index (χ0n) is 15.8. The standard InChI is InChI=1S/C20H16N2O7S/c1-28-14-8-10(9-15(29-2)16(14)23)7-13-17(24)21-20(30)22(18(13)25)12-5-3-11(4-6-12)19(26)27/h3-9,23H,1-2H3,(H,26,27)(H,21,24,30)/b13-7+. The zero-order valence-corrected chi connectivity index (χ0v) is 16.6. The number of hydrogen-bond donors (Lipinski definition) is 3. The fourth-order valence-corrected chi connectivity index (χ4v) is 3.09. The van der Waals surface area contributed by atoms with Gasteiger partial charge in [-0.1, -0.05) is 0 Å². The lowest BCUT2D eigenvalue weighted by molar-refractivity contribution is -0.122. The van der Waals surface area contributed by atoms with E-state index in [-0.39, 0.29) is 33.5 Å². The smallest absolute Gasteiger partial charge is 0.335 e. The number of nitrogens with one attached hydrogen (secondary N) is 1. The molecule has 2 aromatic carbocycles. The predicted octanol–water partition coefficient (Wildman–Crippen LogP) is 1.94. The van der Waals surface area contributed by atoms with Gasteiger partial charge in [0.25, 0.3) is 11.8 Å². The van der Waals surface area contributed by atoms with E-state index in [1.54, 1.807) is 0 Å². The Morgan fingerprint density at radius 2 is 1.67 bits per heavy atom. The molecule has 1 heterocycles. The molecule has 154 valence electrons. The molecule has 1 fully saturated rings. The number of rotatable bonds is 5. The van der Waals surface area contributed by atoms with E-state index in [1.165, 1.54) is 56.7 Å². The van der Waals surface area contributed by atoms with E-state index in [2.05, 4.69) is 5.32 Å². The minimum atomic E-state index is -1.11. The first-order chi connectivity index (χ1) is 14.3. The Morgan fingerprint density at radius 1 is 1.10 bits per heavy atom. The predicted molar refractivity (Wildman–Crippen MR) is 111 cm³/mol. The molecule has 2 aromatic rings. The van der Waals surface area contributed by atoms with E-state index in [9.17, 15) is 19.5 Å². The van der Waals surface area contributed by atoms with Crippen molar-refractivity contribution in [2.24, 2.45) is 0 Å². The Labute approximate surface area is 176 Å². The maximum absolute atomic E-state index is 13.0. The molecule has 0 saturated carbocycles. The number of carbonyl (C=O) groups is 3. The molecule has 0 bridgehead atoms. The lowest BCUT2D eigenvalue weighted by atomic mass is 10.1. The van der Waals surface area contributed by atoms with Gasteiger partial charge in [0.15, 0.2) is 16.6 Å². The van der Waals surface area contributed by atoms with Crippen molar-refractivity contribution in [2.75, 3.05) is 19.1 Å². The Kier molecular flexibility index (Phi) is 5.70. The monoisotopic (exact) mass is 428 g/mol. The zero-order chi connectivity index (χ0) is 22.0. The van der Waals surface area contributed by atoms with E-state index >= 15 is 0 Å². The number of aromatic carboxylic acids is 1. The lowest BCUT2D eigenvalue weighted by Crippen LogP contribution is -2.54. The molecule has 1 saturated heterocycles. The summed E-state index contributed by atoms with van der Waals surface area (Å²) in [5.74, 6) is -2.53. The first-order valence-electron chi connectivity index (χ1n) is 8.46. The van der Waals surface area contributed by atoms with Gasteiger partial charge < -0.3 is 19.7 Å². The van der Waals surface area contributed by atoms with E-state index in [4.69, 9.17) is 26.8 Å². The number of phenolic OH excluding ortho intramolecular Hbond substituents is 1. The van der Waals surface area contributed by atoms with Gasteiger partial charge in [-0.15, -0.1) is 0 Å². The number of phenols is 1. The molecule has 9 nitrogen and oxygen atoms in total. The molecule has 10 heteroatoms. The summed E-state index contributed by atoms with van der Waals surface area (Å²) < 4.78 is 10.2. The van der Waals surface area contributed by atoms with Gasteiger partial charge in [-0.3, -0.25) is 19.8 Å². The summed E-state index contributed by atoms with van der Waals surface area (Å²) in [6.45, 7) is 0. The molecule has 0 unspecified atom stereocenters. The van der Waals surface area contributed by atoms with Crippen molar-refractivity contribution in [3.05, 3.63) is 53.1 Å². The van der Waals surface area contributed by atoms with Crippen LogP contribution >= 0.6 is 12.2 Å². The SMILES string of the molecule is COc1cc(/C=C2\C(=O)NC(=S)N(c3ccc(C(=O)O)cc3)C2=O)cc(OC)c1O. The number of carbonyl (C=O) groups excluding carboxylic acids is 2. The molecular weight excluding hydrogens is 412 g/mol. The molecule has 3 N–H and O–H groups in total. The number of ether oxygens (including phenoxy) is 2. The number of benzene rings is 2. The normalized spacial score (nSPS) is 15.2. The third-order valence-corrected chi connectivity index (χ3v) is 4.57. The van der Waals surface area contributed by atoms with Crippen LogP contribution in [-0.4, -0.2) is 47.3 Å². The van der Waals surface area contributed by atoms with Gasteiger partial charge in [0.05, 0.1) is 25.5 Å². The van der Waals surface area contributed by atoms with Crippen molar-refractivity contribution < 1.29 is 34.1 Å². The van der Waals surface area contributed by atoms with Crippen molar-refractivity contribution in [1.29, 1.82) is 0 Å². The second-order valence-electron chi connectivity index (χ2n) is 6.08. The van der Waals surface area contributed by atoms with E-state index in [0.717, 1.165) is 4.90 Å². The van der Waals surface area contributed by atoms with Crippen LogP contribution in [0.15, 0.2) is 42.0 Å². The Balaban J connectivity index is 2.03. The third kappa shape index (κ3) is 3.80. The highest BCUT2D eigenvalue weighted by Crippen LogP contribution is 2.38. The van der Waals surface area contributed by atoms with Crippen LogP contribution in [0.5, 0.6) is 17.2 Å². The molecular formula is C20H16N2O7S. The van der Waals surface area contributed by atoms with Gasteiger partial charge in [0.1, 0.15) is 5.57 Å². The molecule has 3 rings (SSSR count). The minimum Gasteiger partial charge on any atom is -0.502 e. The Hall–Kier alpha value is -3.92. The summed E-state index contributed by atoms with van der Waals surface area (Å²) in [6, 6.07) is 8.34. The second kappa shape index (κ2) is 8.21. The van der Waals surface area contributed by atoms with Crippen molar-refractivity contribution in [3.8, 4) is 17.2 Å². The van der Waals surface area contributed by atoms with E-state index in [1.807, 2.05) is 0 Å². The van der Waals surface area contributed by atoms with Gasteiger partial charge in [0.2, 0.25) is 5.75 Å². The van der Waals surface area contributed by atoms with Gasteiger partial charge in [0, 0.05) is 0 Å². The molecule has 0 aromatic heterocycles. The van der Waals surface area contributed by atoms with Crippen molar-refractivity contribution >= 4 is 46.9 Å². The molecule has 0 aliphatic carbocycles. The number of thiocarbonyl (C=S) groups is 1. The maximum Gasteiger partial charge on any atom is 0.335 e. The van der Waals surface area contributed by atoms with Crippen LogP contribution in [0.3, 0.4) is 0 Å². The number of nitrogens with zero attached hydrogens (tertiary/aromatic N) is 1. The van der Waals surface area contributed by atoms with Crippen molar-refractivity contribution in [2.45, 2.75) is 0 Å². The number of hydrogen-bond acceptors (Lipinski definition) is 7. The summed E-state index contributed by atoms with van der Waals surface area (Å²) in [5.41, 5.74) is 0.480. The van der Waals surface area contributed by atoms with Crippen LogP contribution in [0.1, 0.15) is 15.9 Å². The summed E-state index contributed by atoms with van der Waals surface area (Å²) in [4.78, 5) is 37.6. The fraction of sp³-hybridized carbons (Fsp3) is 0.100. The minimum absolute atomic E-state index is 0.0391. The topological polar surface area (TPSA) is 125 Å². The van der Waals surface area contributed by atoms with Gasteiger partial charge in [-0.25, -0.2) is 4.79 Å². The highest BCUT2D eigenvalue weighted by atomic mass is 32.1. The van der Waals surface area contributed by atoms with Crippen LogP contribution in [0.2, 0.25) is 0 Å². The highest BCUT2D eigenvalue weighted by Gasteiger charge is 2.34. The Morgan fingerprint density at radius 3 is 2.17 bits per heavy atom. The summed E-state index contributed by atoms with van der Waals surface area (Å²) >= 11 is 5.12. The van der Waals surface area contributed by atoms with Crippen molar-refractivity contribution in [3.63, 3.8) is 0 Å². The van der Waals surface area contributed by atoms with Crippen LogP contribution in [0, 0.1) is 0 Å². The highest BCUT2D eigenvalue weighted by molar-refractivity contribution is 7.80. The second-order valence-corrected chi connectivity index (χ2v) is 6.47. The average Bonchev–Trinajstić information content (AvgIpc) is 2.72. The molecule has 0 radical (unpaired) electrons. The van der Waals surface area contributed by atoms with Crippen LogP contribution in [0.25, 0.3) is 6.08 Å². The number of amides is 2. The van der Waals surface area contributed by atoms with Crippen molar-refractivity contribution in [1.82, 2.24) is 5.32 Å². The van der Waals surface area contributed by atoms with Crippen LogP contribution in [0.4, 0.5) is 5.69 Å². The Bertz CT molecular complexity index is 1070. The maximum atomic E-state index is 13.0. The summed E-state index contributed by atoms with van der Waals surface area (Å²) in [7, 11) is 2.70. The van der Waals surface area contributed by atoms with Gasteiger partial charge >= 0.3 is 5.97 Å². The number of anilines is 1. The number of methoxy groups -OCH3 is 2. The molecule has 0 atom stereocenters. The molecule has 30 heavy (non-hydrogen) atoms. The molecule has 1 aliphatic heterocycles. The van der Waals surface area contributed by atoms with E-state index in [0.29, 0.717) is 11.3 Å². The largest absolute Gasteiger partial charge is 0.502 e. The van der Waals surface area contributed by atoms with Gasteiger partial charge in [-0.2, -0.15) is 0 Å². The van der Waals surface area contributed by atoms with Crippen LogP contribution < -0.4 is 19.7 Å². The molecule has 2 amide bonds. The average molecular weight is 428 g/mol. The molecule has 1 aliphatic rings. The molecule has 0 spiro atoms. The van der Waals surface area contributed by atoms with E-state index < -0.39 is 17.8 Å². The summed E-state index contributed by atoms with van der Waals surface area (Å²) in [6.07, 6.45) is 1.31. The number of carboxylic acids is 1. The number of carboxylic acid groups (broad SMARTS) is 1. The third-order valence-electron chi connectivity index (χ3n) is 4.29. The quantitative estimate of drug-likeness (QED) is 0.375. The summed E-state index contributed by atoms with van der Waals surface area (Å²) in [5, 5.41) is 21.4. The number of aromatic hydroxyl groups is 1. The van der Waals surface area contributed by atoms with Gasteiger partial charge in [-0.05, 0) is 60.3 Å². The fourth-order valence-electron chi connectivity index (χ4n) is 2.81. The van der Waals surface area contributed by atoms with Crippen LogP contribution in [-0.2, 0) is 9.59 Å². The lowest BCUT2D eigenvalue weighted by Gasteiger charge is -2.29. The first kappa shape index (κ1) is 20.8. The first-order valence-corrected chi connectivity index (χ1v) is 8.87.